The lowest BCUT2D eigenvalue weighted by Crippen LogP contribution is -2.03. The zero-order chi connectivity index (χ0) is 12.1. The Hall–Kier alpha value is -2.08. The van der Waals surface area contributed by atoms with Crippen LogP contribution >= 0.6 is 0 Å². The fourth-order valence-electron chi connectivity index (χ4n) is 1.58. The van der Waals surface area contributed by atoms with Crippen molar-refractivity contribution in [2.24, 2.45) is 0 Å². The predicted molar refractivity (Wildman–Crippen MR) is 63.2 cm³/mol. The summed E-state index contributed by atoms with van der Waals surface area (Å²) in [7, 11) is 0. The van der Waals surface area contributed by atoms with Crippen molar-refractivity contribution in [3.05, 3.63) is 53.4 Å². The Morgan fingerprint density at radius 2 is 1.94 bits per heavy atom. The number of benzene rings is 1. The highest BCUT2D eigenvalue weighted by molar-refractivity contribution is 5.34. The van der Waals surface area contributed by atoms with E-state index in [1.54, 1.807) is 30.3 Å². The number of nitriles is 1. The van der Waals surface area contributed by atoms with Gasteiger partial charge in [-0.1, -0.05) is 6.08 Å². The number of rotatable bonds is 3. The summed E-state index contributed by atoms with van der Waals surface area (Å²) in [5.41, 5.74) is 1.69. The molecule has 1 aromatic carbocycles. The highest BCUT2D eigenvalue weighted by Crippen LogP contribution is 2.20. The summed E-state index contributed by atoms with van der Waals surface area (Å²) in [6, 6.07) is 9.00. The van der Waals surface area contributed by atoms with Crippen LogP contribution in [0.25, 0.3) is 0 Å². The predicted octanol–water partition coefficient (Wildman–Crippen LogP) is 3.51. The smallest absolute Gasteiger partial charge is 0.119 e. The molecule has 3 heteroatoms. The van der Waals surface area contributed by atoms with Crippen molar-refractivity contribution in [2.75, 3.05) is 6.61 Å². The van der Waals surface area contributed by atoms with Crippen molar-refractivity contribution in [3.63, 3.8) is 0 Å². The SMILES string of the molecule is N#Cc1ccc(OCC2=CC=C(F)CC2)cc1. The molecule has 1 aliphatic carbocycles. The molecular formula is C14H12FNO. The molecule has 0 unspecified atom stereocenters. The second-order valence-corrected chi connectivity index (χ2v) is 3.86. The molecule has 0 bridgehead atoms. The van der Waals surface area contributed by atoms with Crippen LogP contribution in [0.1, 0.15) is 18.4 Å². The second-order valence-electron chi connectivity index (χ2n) is 3.86. The molecule has 0 N–H and O–H groups in total. The maximum Gasteiger partial charge on any atom is 0.119 e. The van der Waals surface area contributed by atoms with Crippen LogP contribution in [0.2, 0.25) is 0 Å². The molecule has 0 spiro atoms. The first kappa shape index (κ1) is 11.4. The maximum atomic E-state index is 12.7. The molecule has 86 valence electrons. The number of ether oxygens (including phenoxy) is 1. The van der Waals surface area contributed by atoms with Crippen LogP contribution in [0.5, 0.6) is 5.75 Å². The number of halogens is 1. The molecule has 0 saturated heterocycles. The van der Waals surface area contributed by atoms with Gasteiger partial charge in [0.25, 0.3) is 0 Å². The highest BCUT2D eigenvalue weighted by Gasteiger charge is 2.06. The molecule has 0 heterocycles. The topological polar surface area (TPSA) is 33.0 Å². The van der Waals surface area contributed by atoms with Gasteiger partial charge in [-0.05, 0) is 42.3 Å². The Morgan fingerprint density at radius 3 is 2.53 bits per heavy atom. The van der Waals surface area contributed by atoms with Gasteiger partial charge in [-0.25, -0.2) is 4.39 Å². The molecule has 0 radical (unpaired) electrons. The highest BCUT2D eigenvalue weighted by atomic mass is 19.1. The lowest BCUT2D eigenvalue weighted by atomic mass is 10.1. The van der Waals surface area contributed by atoms with E-state index < -0.39 is 0 Å². The lowest BCUT2D eigenvalue weighted by Gasteiger charge is -2.11. The molecule has 0 saturated carbocycles. The molecule has 0 atom stereocenters. The van der Waals surface area contributed by atoms with E-state index in [0.29, 0.717) is 25.0 Å². The Bertz CT molecular complexity index is 494. The first-order valence-electron chi connectivity index (χ1n) is 5.45. The standard InChI is InChI=1S/C14H12FNO/c15-13-5-1-12(2-6-13)10-17-14-7-3-11(9-16)4-8-14/h1,3-5,7-8H,2,6,10H2. The third kappa shape index (κ3) is 3.18. The maximum absolute atomic E-state index is 12.7. The van der Waals surface area contributed by atoms with Gasteiger partial charge in [0.15, 0.2) is 0 Å². The Morgan fingerprint density at radius 1 is 1.18 bits per heavy atom. The van der Waals surface area contributed by atoms with Gasteiger partial charge < -0.3 is 4.74 Å². The molecule has 0 aromatic heterocycles. The summed E-state index contributed by atoms with van der Waals surface area (Å²) < 4.78 is 18.3. The summed E-state index contributed by atoms with van der Waals surface area (Å²) >= 11 is 0. The minimum absolute atomic E-state index is 0.0767. The second kappa shape index (κ2) is 5.31. The Kier molecular flexibility index (Phi) is 3.56. The van der Waals surface area contributed by atoms with Crippen LogP contribution in [-0.2, 0) is 0 Å². The average molecular weight is 229 g/mol. The average Bonchev–Trinajstić information content (AvgIpc) is 2.39. The van der Waals surface area contributed by atoms with Crippen LogP contribution in [0.3, 0.4) is 0 Å². The molecule has 17 heavy (non-hydrogen) atoms. The minimum Gasteiger partial charge on any atom is -0.489 e. The van der Waals surface area contributed by atoms with Crippen molar-refractivity contribution in [3.8, 4) is 11.8 Å². The van der Waals surface area contributed by atoms with Gasteiger partial charge >= 0.3 is 0 Å². The summed E-state index contributed by atoms with van der Waals surface area (Å²) in [6.07, 6.45) is 4.42. The third-order valence-corrected chi connectivity index (χ3v) is 2.59. The normalized spacial score (nSPS) is 14.6. The zero-order valence-corrected chi connectivity index (χ0v) is 9.32. The lowest BCUT2D eigenvalue weighted by molar-refractivity contribution is 0.345. The third-order valence-electron chi connectivity index (χ3n) is 2.59. The Labute approximate surface area is 99.6 Å². The quantitative estimate of drug-likeness (QED) is 0.794. The van der Waals surface area contributed by atoms with E-state index in [2.05, 4.69) is 0 Å². The van der Waals surface area contributed by atoms with Gasteiger partial charge in [-0.15, -0.1) is 0 Å². The van der Waals surface area contributed by atoms with Gasteiger partial charge in [0, 0.05) is 6.42 Å². The van der Waals surface area contributed by atoms with Crippen molar-refractivity contribution < 1.29 is 9.13 Å². The van der Waals surface area contributed by atoms with Crippen molar-refractivity contribution in [2.45, 2.75) is 12.8 Å². The Balaban J connectivity index is 1.92. The van der Waals surface area contributed by atoms with Crippen LogP contribution < -0.4 is 4.74 Å². The van der Waals surface area contributed by atoms with Crippen molar-refractivity contribution in [1.82, 2.24) is 0 Å². The van der Waals surface area contributed by atoms with Crippen LogP contribution in [0.15, 0.2) is 47.8 Å². The van der Waals surface area contributed by atoms with Crippen molar-refractivity contribution >= 4 is 0 Å². The van der Waals surface area contributed by atoms with E-state index in [9.17, 15) is 4.39 Å². The molecule has 2 nitrogen and oxygen atoms in total. The number of hydrogen-bond donors (Lipinski definition) is 0. The van der Waals surface area contributed by atoms with E-state index in [4.69, 9.17) is 10.00 Å². The van der Waals surface area contributed by atoms with E-state index in [1.807, 2.05) is 6.07 Å². The van der Waals surface area contributed by atoms with Gasteiger partial charge in [-0.2, -0.15) is 5.26 Å². The number of allylic oxidation sites excluding steroid dienone is 3. The molecule has 1 aliphatic rings. The van der Waals surface area contributed by atoms with E-state index in [-0.39, 0.29) is 5.83 Å². The number of hydrogen-bond acceptors (Lipinski definition) is 2. The molecule has 0 aliphatic heterocycles. The molecule has 0 amide bonds. The molecule has 2 rings (SSSR count). The van der Waals surface area contributed by atoms with Crippen LogP contribution in [0, 0.1) is 11.3 Å². The van der Waals surface area contributed by atoms with Gasteiger partial charge in [0.1, 0.15) is 18.2 Å². The summed E-state index contributed by atoms with van der Waals surface area (Å²) in [6.45, 7) is 0.468. The van der Waals surface area contributed by atoms with E-state index in [0.717, 1.165) is 11.3 Å². The molecule has 1 aromatic rings. The van der Waals surface area contributed by atoms with E-state index in [1.165, 1.54) is 6.08 Å². The first-order chi connectivity index (χ1) is 8.28. The fraction of sp³-hybridized carbons (Fsp3) is 0.214. The zero-order valence-electron chi connectivity index (χ0n) is 9.32. The fourth-order valence-corrected chi connectivity index (χ4v) is 1.58. The van der Waals surface area contributed by atoms with Gasteiger partial charge in [0.05, 0.1) is 11.6 Å². The van der Waals surface area contributed by atoms with Crippen molar-refractivity contribution in [1.29, 1.82) is 5.26 Å². The molecule has 0 fully saturated rings. The van der Waals surface area contributed by atoms with E-state index >= 15 is 0 Å². The molecular weight excluding hydrogens is 217 g/mol. The van der Waals surface area contributed by atoms with Crippen LogP contribution in [-0.4, -0.2) is 6.61 Å². The monoisotopic (exact) mass is 229 g/mol. The van der Waals surface area contributed by atoms with Gasteiger partial charge in [-0.3, -0.25) is 0 Å². The first-order valence-corrected chi connectivity index (χ1v) is 5.45. The van der Waals surface area contributed by atoms with Crippen LogP contribution in [0.4, 0.5) is 4.39 Å². The summed E-state index contributed by atoms with van der Waals surface area (Å²) in [5.74, 6) is 0.645. The largest absolute Gasteiger partial charge is 0.489 e. The number of nitrogens with zero attached hydrogens (tertiary/aromatic N) is 1. The minimum atomic E-state index is -0.0767. The van der Waals surface area contributed by atoms with Gasteiger partial charge in [0.2, 0.25) is 0 Å². The summed E-state index contributed by atoms with van der Waals surface area (Å²) in [5, 5.41) is 8.65. The summed E-state index contributed by atoms with van der Waals surface area (Å²) in [4.78, 5) is 0.